The molecule has 8 nitrogen and oxygen atoms in total. The molecule has 32 heavy (non-hydrogen) atoms. The number of anilines is 1. The average molecular weight is 496 g/mol. The maximum atomic E-state index is 13.0. The van der Waals surface area contributed by atoms with Crippen LogP contribution in [0.3, 0.4) is 0 Å². The summed E-state index contributed by atoms with van der Waals surface area (Å²) < 4.78 is 4.15. The number of hydrogen-bond acceptors (Lipinski definition) is 4. The Bertz CT molecular complexity index is 1300. The first-order valence-electron chi connectivity index (χ1n) is 10.2. The van der Waals surface area contributed by atoms with Crippen LogP contribution in [0.1, 0.15) is 41.1 Å². The molecule has 0 spiro atoms. The van der Waals surface area contributed by atoms with Gasteiger partial charge in [0.2, 0.25) is 0 Å². The minimum atomic E-state index is -0.904. The molecule has 2 heterocycles. The molecule has 4 rings (SSSR count). The largest absolute Gasteiger partial charge is 0.481 e. The fourth-order valence-electron chi connectivity index (χ4n) is 3.77. The maximum absolute atomic E-state index is 13.0. The predicted octanol–water partition coefficient (Wildman–Crippen LogP) is 4.64. The lowest BCUT2D eigenvalue weighted by molar-refractivity contribution is -0.137. The van der Waals surface area contributed by atoms with Crippen LogP contribution in [0.4, 0.5) is 5.69 Å². The standard InChI is InChI=1S/C23H22BrN5O3/c1-3-29-22(21(24)14(2)27-29)23(32)26-16-9-10-17-19(11-16)28(13-25-17)18(12-20(30)31)15-7-5-4-6-8-15/h4-11,13,18H,3,12H2,1-2H3,(H,26,32)(H,30,31). The van der Waals surface area contributed by atoms with Gasteiger partial charge in [0.1, 0.15) is 5.69 Å². The van der Waals surface area contributed by atoms with Crippen molar-refractivity contribution in [3.63, 3.8) is 0 Å². The Morgan fingerprint density at radius 2 is 1.94 bits per heavy atom. The average Bonchev–Trinajstić information content (AvgIpc) is 3.32. The number of halogens is 1. The molecule has 0 radical (unpaired) electrons. The molecule has 2 aromatic carbocycles. The van der Waals surface area contributed by atoms with Gasteiger partial charge in [0.05, 0.1) is 40.0 Å². The summed E-state index contributed by atoms with van der Waals surface area (Å²) in [5.74, 6) is -1.19. The Morgan fingerprint density at radius 1 is 1.19 bits per heavy atom. The number of carboxylic acid groups (broad SMARTS) is 1. The van der Waals surface area contributed by atoms with Gasteiger partial charge >= 0.3 is 5.97 Å². The van der Waals surface area contributed by atoms with Crippen molar-refractivity contribution < 1.29 is 14.7 Å². The fraction of sp³-hybridized carbons (Fsp3) is 0.217. The summed E-state index contributed by atoms with van der Waals surface area (Å²) >= 11 is 3.45. The number of fused-ring (bicyclic) bond motifs is 1. The van der Waals surface area contributed by atoms with Gasteiger partial charge in [0, 0.05) is 12.2 Å². The highest BCUT2D eigenvalue weighted by atomic mass is 79.9. The Balaban J connectivity index is 1.71. The molecule has 1 unspecified atom stereocenters. The van der Waals surface area contributed by atoms with Crippen molar-refractivity contribution in [1.29, 1.82) is 0 Å². The highest BCUT2D eigenvalue weighted by molar-refractivity contribution is 9.10. The molecule has 0 saturated carbocycles. The van der Waals surface area contributed by atoms with Gasteiger partial charge in [-0.3, -0.25) is 14.3 Å². The van der Waals surface area contributed by atoms with Gasteiger partial charge < -0.3 is 15.0 Å². The molecule has 2 N–H and O–H groups in total. The second-order valence-electron chi connectivity index (χ2n) is 7.40. The van der Waals surface area contributed by atoms with Crippen molar-refractivity contribution in [3.8, 4) is 0 Å². The molecule has 1 atom stereocenters. The van der Waals surface area contributed by atoms with Crippen molar-refractivity contribution >= 4 is 44.5 Å². The molecule has 9 heteroatoms. The van der Waals surface area contributed by atoms with Crippen LogP contribution in [0.2, 0.25) is 0 Å². The maximum Gasteiger partial charge on any atom is 0.305 e. The first kappa shape index (κ1) is 21.8. The van der Waals surface area contributed by atoms with E-state index >= 15 is 0 Å². The third-order valence-electron chi connectivity index (χ3n) is 5.29. The van der Waals surface area contributed by atoms with Gasteiger partial charge in [-0.15, -0.1) is 0 Å². The van der Waals surface area contributed by atoms with Gasteiger partial charge in [0.15, 0.2) is 0 Å². The number of carbonyl (C=O) groups excluding carboxylic acids is 1. The van der Waals surface area contributed by atoms with Crippen molar-refractivity contribution in [1.82, 2.24) is 19.3 Å². The molecule has 0 aliphatic rings. The highest BCUT2D eigenvalue weighted by Gasteiger charge is 2.22. The zero-order chi connectivity index (χ0) is 22.8. The third kappa shape index (κ3) is 4.16. The molecular weight excluding hydrogens is 474 g/mol. The Hall–Kier alpha value is -3.46. The number of imidazole rings is 1. The zero-order valence-corrected chi connectivity index (χ0v) is 19.2. The van der Waals surface area contributed by atoms with E-state index < -0.39 is 12.0 Å². The van der Waals surface area contributed by atoms with Gasteiger partial charge in [-0.05, 0) is 53.5 Å². The van der Waals surface area contributed by atoms with Crippen LogP contribution < -0.4 is 5.32 Å². The minimum Gasteiger partial charge on any atom is -0.481 e. The molecule has 0 aliphatic carbocycles. The Labute approximate surface area is 193 Å². The number of carboxylic acids is 1. The number of nitrogens with zero attached hydrogens (tertiary/aromatic N) is 4. The monoisotopic (exact) mass is 495 g/mol. The number of aliphatic carboxylic acids is 1. The van der Waals surface area contributed by atoms with Crippen molar-refractivity contribution in [2.75, 3.05) is 5.32 Å². The van der Waals surface area contributed by atoms with E-state index in [0.29, 0.717) is 27.9 Å². The van der Waals surface area contributed by atoms with Gasteiger partial charge in [-0.2, -0.15) is 5.10 Å². The van der Waals surface area contributed by atoms with Crippen molar-refractivity contribution in [2.24, 2.45) is 0 Å². The van der Waals surface area contributed by atoms with E-state index in [1.807, 2.05) is 60.9 Å². The Morgan fingerprint density at radius 3 is 2.62 bits per heavy atom. The predicted molar refractivity (Wildman–Crippen MR) is 125 cm³/mol. The number of aryl methyl sites for hydroxylation is 2. The number of hydrogen-bond donors (Lipinski definition) is 2. The van der Waals surface area contributed by atoms with Crippen molar-refractivity contribution in [2.45, 2.75) is 32.9 Å². The zero-order valence-electron chi connectivity index (χ0n) is 17.6. The molecule has 4 aromatic rings. The molecule has 0 fully saturated rings. The van der Waals surface area contributed by atoms with E-state index in [9.17, 15) is 14.7 Å². The number of benzene rings is 2. The van der Waals surface area contributed by atoms with Gasteiger partial charge in [0.25, 0.3) is 5.91 Å². The summed E-state index contributed by atoms with van der Waals surface area (Å²) in [6.45, 7) is 4.32. The summed E-state index contributed by atoms with van der Waals surface area (Å²) in [7, 11) is 0. The topological polar surface area (TPSA) is 102 Å². The molecule has 0 bridgehead atoms. The number of rotatable bonds is 7. The number of aromatic nitrogens is 4. The highest BCUT2D eigenvalue weighted by Crippen LogP contribution is 2.29. The third-order valence-corrected chi connectivity index (χ3v) is 6.24. The van der Waals surface area contributed by atoms with Crippen LogP contribution in [0.15, 0.2) is 59.3 Å². The number of carbonyl (C=O) groups is 2. The van der Waals surface area contributed by atoms with E-state index in [0.717, 1.165) is 16.8 Å². The summed E-state index contributed by atoms with van der Waals surface area (Å²) in [6, 6.07) is 14.4. The lowest BCUT2D eigenvalue weighted by Crippen LogP contribution is -2.18. The Kier molecular flexibility index (Phi) is 6.09. The molecular formula is C23H22BrN5O3. The smallest absolute Gasteiger partial charge is 0.305 e. The van der Waals surface area contributed by atoms with Crippen LogP contribution in [-0.4, -0.2) is 36.3 Å². The van der Waals surface area contributed by atoms with E-state index in [-0.39, 0.29) is 12.3 Å². The molecule has 1 amide bonds. The molecule has 0 saturated heterocycles. The van der Waals surface area contributed by atoms with Crippen LogP contribution in [0.25, 0.3) is 11.0 Å². The molecule has 2 aromatic heterocycles. The van der Waals surface area contributed by atoms with Crippen molar-refractivity contribution in [3.05, 3.63) is 76.3 Å². The second-order valence-corrected chi connectivity index (χ2v) is 8.19. The lowest BCUT2D eigenvalue weighted by Gasteiger charge is -2.18. The first-order chi connectivity index (χ1) is 15.4. The lowest BCUT2D eigenvalue weighted by atomic mass is 10.0. The van der Waals surface area contributed by atoms with E-state index in [4.69, 9.17) is 0 Å². The number of amides is 1. The van der Waals surface area contributed by atoms with Crippen LogP contribution >= 0.6 is 15.9 Å². The summed E-state index contributed by atoms with van der Waals surface area (Å²) in [5.41, 5.74) is 4.09. The molecule has 0 aliphatic heterocycles. The fourth-order valence-corrected chi connectivity index (χ4v) is 4.23. The second kappa shape index (κ2) is 8.96. The normalized spacial score (nSPS) is 12.1. The molecule has 164 valence electrons. The first-order valence-corrected chi connectivity index (χ1v) is 11.0. The van der Waals surface area contributed by atoms with E-state index in [2.05, 4.69) is 31.3 Å². The van der Waals surface area contributed by atoms with Gasteiger partial charge in [-0.1, -0.05) is 30.3 Å². The quantitative estimate of drug-likeness (QED) is 0.388. The van der Waals surface area contributed by atoms with Crippen LogP contribution in [-0.2, 0) is 11.3 Å². The van der Waals surface area contributed by atoms with Crippen LogP contribution in [0.5, 0.6) is 0 Å². The van der Waals surface area contributed by atoms with E-state index in [1.165, 1.54) is 0 Å². The summed E-state index contributed by atoms with van der Waals surface area (Å²) in [4.78, 5) is 29.0. The van der Waals surface area contributed by atoms with E-state index in [1.54, 1.807) is 17.1 Å². The van der Waals surface area contributed by atoms with Crippen LogP contribution in [0, 0.1) is 6.92 Å². The SMILES string of the molecule is CCn1nc(C)c(Br)c1C(=O)Nc1ccc2ncn(C(CC(=O)O)c3ccccc3)c2c1. The summed E-state index contributed by atoms with van der Waals surface area (Å²) in [6.07, 6.45) is 1.55. The minimum absolute atomic E-state index is 0.0893. The summed E-state index contributed by atoms with van der Waals surface area (Å²) in [5, 5.41) is 16.8. The van der Waals surface area contributed by atoms with Gasteiger partial charge in [-0.25, -0.2) is 4.98 Å². The number of nitrogens with one attached hydrogen (secondary N) is 1.